The Morgan fingerprint density at radius 1 is 0.952 bits per heavy atom. The highest BCUT2D eigenvalue weighted by Crippen LogP contribution is 2.63. The number of thiazole rings is 1. The molecule has 1 fully saturated rings. The smallest absolute Gasteiger partial charge is 0.233 e. The summed E-state index contributed by atoms with van der Waals surface area (Å²) in [5.74, 6) is -0.0949. The Morgan fingerprint density at radius 2 is 1.57 bits per heavy atom. The van der Waals surface area contributed by atoms with Crippen LogP contribution in [-0.2, 0) is 21.4 Å². The highest BCUT2D eigenvalue weighted by Gasteiger charge is 2.61. The van der Waals surface area contributed by atoms with E-state index in [1.54, 1.807) is 0 Å². The van der Waals surface area contributed by atoms with Crippen LogP contribution in [0.2, 0.25) is 0 Å². The van der Waals surface area contributed by atoms with Gasteiger partial charge in [0.15, 0.2) is 5.13 Å². The van der Waals surface area contributed by atoms with Gasteiger partial charge in [-0.15, -0.1) is 11.3 Å². The van der Waals surface area contributed by atoms with E-state index < -0.39 is 10.8 Å². The van der Waals surface area contributed by atoms with Crippen molar-refractivity contribution in [3.63, 3.8) is 0 Å². The molecule has 7 heteroatoms. The molecule has 0 saturated heterocycles. The molecule has 1 aromatic heterocycles. The second kappa shape index (κ2) is 9.37. The van der Waals surface area contributed by atoms with Crippen LogP contribution in [0.4, 0.5) is 10.8 Å². The van der Waals surface area contributed by atoms with Crippen LogP contribution in [0.25, 0.3) is 0 Å². The third-order valence-corrected chi connectivity index (χ3v) is 10.5. The molecule has 1 heterocycles. The molecular weight excluding hydrogens is 540 g/mol. The first-order valence-electron chi connectivity index (χ1n) is 14.4. The molecule has 2 amide bonds. The first-order valence-corrected chi connectivity index (χ1v) is 15.3. The normalized spacial score (nSPS) is 26.0. The maximum Gasteiger partial charge on any atom is 0.233 e. The molecule has 0 aliphatic heterocycles. The third kappa shape index (κ3) is 4.08. The lowest BCUT2D eigenvalue weighted by Crippen LogP contribution is -2.53. The second-order valence-corrected chi connectivity index (χ2v) is 13.8. The summed E-state index contributed by atoms with van der Waals surface area (Å²) in [4.78, 5) is 31.2. The van der Waals surface area contributed by atoms with Gasteiger partial charge in [0.2, 0.25) is 11.8 Å². The molecule has 210 valence electrons. The zero-order chi connectivity index (χ0) is 29.3. The minimum absolute atomic E-state index is 0.0835. The molecule has 2 unspecified atom stereocenters. The van der Waals surface area contributed by atoms with Gasteiger partial charge in [0.1, 0.15) is 5.41 Å². The zero-order valence-electron chi connectivity index (χ0n) is 23.9. The molecular formula is C35H32N4O2S. The monoisotopic (exact) mass is 572 g/mol. The van der Waals surface area contributed by atoms with Gasteiger partial charge in [-0.25, -0.2) is 4.98 Å². The van der Waals surface area contributed by atoms with Gasteiger partial charge in [-0.3, -0.25) is 9.59 Å². The molecule has 6 nitrogen and oxygen atoms in total. The lowest BCUT2D eigenvalue weighted by molar-refractivity contribution is -0.127. The van der Waals surface area contributed by atoms with Crippen LogP contribution < -0.4 is 10.6 Å². The van der Waals surface area contributed by atoms with Crippen molar-refractivity contribution in [2.45, 2.75) is 51.4 Å². The summed E-state index contributed by atoms with van der Waals surface area (Å²) in [6.07, 6.45) is 1.97. The number of hydrogen-bond acceptors (Lipinski definition) is 5. The molecule has 2 N–H and O–H groups in total. The van der Waals surface area contributed by atoms with Crippen LogP contribution in [0.15, 0.2) is 78.2 Å². The summed E-state index contributed by atoms with van der Waals surface area (Å²) in [5, 5.41) is 19.3. The van der Waals surface area contributed by atoms with Crippen molar-refractivity contribution in [2.75, 3.05) is 10.6 Å². The summed E-state index contributed by atoms with van der Waals surface area (Å²) >= 11 is 1.41. The number of nitrogens with zero attached hydrogens (tertiary/aromatic N) is 2. The fraction of sp³-hybridized carbons (Fsp3) is 0.314. The molecule has 0 spiro atoms. The number of fused-ring (bicyclic) bond motifs is 1. The van der Waals surface area contributed by atoms with Gasteiger partial charge in [0.25, 0.3) is 0 Å². The van der Waals surface area contributed by atoms with Gasteiger partial charge in [-0.1, -0.05) is 74.5 Å². The number of benzene rings is 3. The summed E-state index contributed by atoms with van der Waals surface area (Å²) in [6, 6.07) is 26.7. The molecule has 2 atom stereocenters. The van der Waals surface area contributed by atoms with Crippen molar-refractivity contribution in [1.29, 1.82) is 5.26 Å². The molecule has 4 aromatic rings. The Bertz CT molecular complexity index is 1740. The number of carbonyl (C=O) groups excluding carboxylic acids is 2. The largest absolute Gasteiger partial charge is 0.326 e. The van der Waals surface area contributed by atoms with Crippen LogP contribution >= 0.6 is 11.3 Å². The van der Waals surface area contributed by atoms with Crippen molar-refractivity contribution >= 4 is 34.0 Å². The van der Waals surface area contributed by atoms with Crippen molar-refractivity contribution in [2.24, 2.45) is 16.7 Å². The number of anilines is 2. The predicted molar refractivity (Wildman–Crippen MR) is 164 cm³/mol. The number of carbonyl (C=O) groups is 2. The van der Waals surface area contributed by atoms with E-state index in [-0.39, 0.29) is 29.1 Å². The van der Waals surface area contributed by atoms with Gasteiger partial charge in [-0.2, -0.15) is 5.26 Å². The minimum Gasteiger partial charge on any atom is -0.326 e. The Labute approximate surface area is 249 Å². The van der Waals surface area contributed by atoms with Crippen LogP contribution in [0.3, 0.4) is 0 Å². The van der Waals surface area contributed by atoms with E-state index in [9.17, 15) is 14.9 Å². The molecule has 8 rings (SSSR count). The van der Waals surface area contributed by atoms with E-state index in [0.717, 1.165) is 45.6 Å². The van der Waals surface area contributed by atoms with Crippen LogP contribution in [0.5, 0.6) is 0 Å². The highest BCUT2D eigenvalue weighted by atomic mass is 32.1. The van der Waals surface area contributed by atoms with Gasteiger partial charge in [0, 0.05) is 29.3 Å². The van der Waals surface area contributed by atoms with Crippen molar-refractivity contribution in [3.8, 4) is 6.07 Å². The van der Waals surface area contributed by atoms with Gasteiger partial charge in [-0.05, 0) is 65.1 Å². The molecule has 2 bridgehead atoms. The van der Waals surface area contributed by atoms with E-state index in [4.69, 9.17) is 4.98 Å². The Hall–Kier alpha value is -4.28. The van der Waals surface area contributed by atoms with E-state index in [2.05, 4.69) is 42.7 Å². The number of rotatable bonds is 6. The Kier molecular flexibility index (Phi) is 5.93. The Morgan fingerprint density at radius 3 is 2.17 bits per heavy atom. The van der Waals surface area contributed by atoms with E-state index in [1.165, 1.54) is 11.3 Å². The number of amides is 2. The molecule has 3 aromatic carbocycles. The van der Waals surface area contributed by atoms with Crippen molar-refractivity contribution in [3.05, 3.63) is 112 Å². The maximum atomic E-state index is 14.1. The SMILES string of the molecule is CC1(C)CC1C(=O)Nc1ccc(Cc2csc(NC(=O)C3(C)CC4(C#N)c5ccccc5C3c3ccccc34)n2)cc1. The zero-order valence-corrected chi connectivity index (χ0v) is 24.7. The average molecular weight is 573 g/mol. The van der Waals surface area contributed by atoms with E-state index >= 15 is 0 Å². The predicted octanol–water partition coefficient (Wildman–Crippen LogP) is 7.02. The molecule has 4 aliphatic rings. The lowest BCUT2D eigenvalue weighted by atomic mass is 9.47. The van der Waals surface area contributed by atoms with Crippen LogP contribution in [0, 0.1) is 28.1 Å². The third-order valence-electron chi connectivity index (χ3n) is 9.65. The summed E-state index contributed by atoms with van der Waals surface area (Å²) in [6.45, 7) is 6.22. The van der Waals surface area contributed by atoms with E-state index in [0.29, 0.717) is 18.0 Å². The highest BCUT2D eigenvalue weighted by molar-refractivity contribution is 7.13. The van der Waals surface area contributed by atoms with Gasteiger partial charge in [0.05, 0.1) is 17.2 Å². The lowest BCUT2D eigenvalue weighted by Gasteiger charge is -2.54. The summed E-state index contributed by atoms with van der Waals surface area (Å²) in [7, 11) is 0. The number of nitriles is 1. The quantitative estimate of drug-likeness (QED) is 0.260. The van der Waals surface area contributed by atoms with Gasteiger partial charge < -0.3 is 10.6 Å². The topological polar surface area (TPSA) is 94.9 Å². The standard InChI is InChI=1S/C35H32N4O2S/c1-33(2)17-28(33)30(40)37-22-14-12-21(13-15-22)16-23-18-42-32(38-23)39-31(41)34(3)19-35(20-36)26-10-6-4-8-24(26)29(34)25-9-5-7-11-27(25)35/h4-15,18,28-29H,16-17,19H2,1-3H3,(H,37,40)(H,38,39,41). The molecule has 1 saturated carbocycles. The molecule has 4 aliphatic carbocycles. The summed E-state index contributed by atoms with van der Waals surface area (Å²) < 4.78 is 0. The molecule has 42 heavy (non-hydrogen) atoms. The fourth-order valence-electron chi connectivity index (χ4n) is 7.23. The second-order valence-electron chi connectivity index (χ2n) is 12.9. The molecule has 0 radical (unpaired) electrons. The minimum atomic E-state index is -0.872. The average Bonchev–Trinajstić information content (AvgIpc) is 3.42. The first-order chi connectivity index (χ1) is 20.1. The number of hydrogen-bond donors (Lipinski definition) is 2. The van der Waals surface area contributed by atoms with Crippen LogP contribution in [0.1, 0.15) is 73.0 Å². The summed E-state index contributed by atoms with van der Waals surface area (Å²) in [5.41, 5.74) is 5.29. The number of aromatic nitrogens is 1. The Balaban J connectivity index is 1.08. The number of nitrogens with one attached hydrogen (secondary N) is 2. The first kappa shape index (κ1) is 26.6. The fourth-order valence-corrected chi connectivity index (χ4v) is 7.94. The maximum absolute atomic E-state index is 14.1. The van der Waals surface area contributed by atoms with E-state index in [1.807, 2.05) is 73.0 Å². The van der Waals surface area contributed by atoms with Crippen molar-refractivity contribution < 1.29 is 9.59 Å². The van der Waals surface area contributed by atoms with Crippen molar-refractivity contribution in [1.82, 2.24) is 4.98 Å². The van der Waals surface area contributed by atoms with Gasteiger partial charge >= 0.3 is 0 Å². The van der Waals surface area contributed by atoms with Crippen LogP contribution in [-0.4, -0.2) is 16.8 Å².